The third kappa shape index (κ3) is 3.91. The van der Waals surface area contributed by atoms with E-state index in [0.717, 1.165) is 0 Å². The van der Waals surface area contributed by atoms with Crippen molar-refractivity contribution < 1.29 is 27.8 Å². The molecule has 1 spiro atoms. The van der Waals surface area contributed by atoms with Gasteiger partial charge in [-0.05, 0) is 49.6 Å². The average molecular weight is 456 g/mol. The quantitative estimate of drug-likeness (QED) is 0.713. The second-order valence-corrected chi connectivity index (χ2v) is 9.08. The molecule has 0 bridgehead atoms. The summed E-state index contributed by atoms with van der Waals surface area (Å²) in [7, 11) is 0. The molecule has 0 radical (unpaired) electrons. The van der Waals surface area contributed by atoms with Crippen LogP contribution < -0.4 is 4.90 Å². The Balaban J connectivity index is 1.39. The zero-order valence-electron chi connectivity index (χ0n) is 18.3. The van der Waals surface area contributed by atoms with E-state index in [4.69, 9.17) is 9.47 Å². The van der Waals surface area contributed by atoms with Crippen LogP contribution in [0.4, 0.5) is 14.5 Å². The number of carbonyl (C=O) groups excluding carboxylic acids is 2. The minimum Gasteiger partial charge on any atom is -0.381 e. The van der Waals surface area contributed by atoms with Gasteiger partial charge in [0.2, 0.25) is 5.91 Å². The first-order valence-corrected chi connectivity index (χ1v) is 11.2. The third-order valence-electron chi connectivity index (χ3n) is 7.14. The molecular formula is C25H26F2N2O4. The second kappa shape index (κ2) is 8.50. The van der Waals surface area contributed by atoms with E-state index in [-0.39, 0.29) is 36.6 Å². The molecule has 3 aliphatic rings. The Morgan fingerprint density at radius 3 is 2.39 bits per heavy atom. The van der Waals surface area contributed by atoms with Crippen LogP contribution in [-0.2, 0) is 24.5 Å². The van der Waals surface area contributed by atoms with Crippen molar-refractivity contribution in [1.82, 2.24) is 4.90 Å². The minimum absolute atomic E-state index is 0.105. The highest BCUT2D eigenvalue weighted by Gasteiger charge is 2.52. The van der Waals surface area contributed by atoms with Gasteiger partial charge in [0.05, 0.1) is 18.5 Å². The summed E-state index contributed by atoms with van der Waals surface area (Å²) in [4.78, 5) is 29.7. The first kappa shape index (κ1) is 22.0. The number of amides is 2. The first-order valence-electron chi connectivity index (χ1n) is 11.2. The summed E-state index contributed by atoms with van der Waals surface area (Å²) in [6.45, 7) is 1.72. The lowest BCUT2D eigenvalue weighted by Gasteiger charge is -2.42. The van der Waals surface area contributed by atoms with Crippen LogP contribution in [0.3, 0.4) is 0 Å². The number of nitrogens with zero attached hydrogens (tertiary/aromatic N) is 2. The number of anilines is 1. The fourth-order valence-electron chi connectivity index (χ4n) is 5.31. The number of carbonyl (C=O) groups is 2. The Kier molecular flexibility index (Phi) is 5.66. The fraction of sp³-hybridized carbons (Fsp3) is 0.440. The molecule has 5 rings (SSSR count). The van der Waals surface area contributed by atoms with Crippen LogP contribution in [0.5, 0.6) is 0 Å². The maximum atomic E-state index is 14.8. The monoisotopic (exact) mass is 456 g/mol. The van der Waals surface area contributed by atoms with Gasteiger partial charge in [-0.15, -0.1) is 0 Å². The summed E-state index contributed by atoms with van der Waals surface area (Å²) in [5, 5.41) is 0. The largest absolute Gasteiger partial charge is 0.381 e. The summed E-state index contributed by atoms with van der Waals surface area (Å²) in [5.74, 6) is -1.09. The highest BCUT2D eigenvalue weighted by atomic mass is 19.1. The zero-order valence-corrected chi connectivity index (χ0v) is 18.3. The van der Waals surface area contributed by atoms with E-state index in [9.17, 15) is 18.4 Å². The van der Waals surface area contributed by atoms with Crippen LogP contribution in [-0.4, -0.2) is 61.8 Å². The van der Waals surface area contributed by atoms with Crippen molar-refractivity contribution >= 4 is 17.5 Å². The van der Waals surface area contributed by atoms with Crippen molar-refractivity contribution in [1.29, 1.82) is 0 Å². The van der Waals surface area contributed by atoms with E-state index in [0.29, 0.717) is 56.8 Å². The summed E-state index contributed by atoms with van der Waals surface area (Å²) < 4.78 is 39.7. The van der Waals surface area contributed by atoms with E-state index < -0.39 is 11.0 Å². The predicted octanol–water partition coefficient (Wildman–Crippen LogP) is 3.05. The van der Waals surface area contributed by atoms with Crippen molar-refractivity contribution in [3.63, 3.8) is 0 Å². The van der Waals surface area contributed by atoms with E-state index in [1.807, 2.05) is 0 Å². The number of benzene rings is 2. The van der Waals surface area contributed by atoms with E-state index in [2.05, 4.69) is 0 Å². The van der Waals surface area contributed by atoms with Gasteiger partial charge in [0.15, 0.2) is 0 Å². The molecule has 3 aliphatic heterocycles. The standard InChI is InChI=1S/C25H26F2N2O4/c26-18-5-7-19(8-6-18)29-17-24(33-15-22(29)30)9-12-28(16-24)23(31)25(10-13-32-14-11-25)20-3-1-2-4-21(20)27/h1-8H,9-17H2/t24-/m1/s1. The van der Waals surface area contributed by atoms with E-state index in [1.165, 1.54) is 18.2 Å². The maximum Gasteiger partial charge on any atom is 0.253 e. The van der Waals surface area contributed by atoms with Gasteiger partial charge < -0.3 is 19.3 Å². The molecule has 3 saturated heterocycles. The molecule has 1 atom stereocenters. The molecule has 2 amide bonds. The van der Waals surface area contributed by atoms with E-state index in [1.54, 1.807) is 40.1 Å². The van der Waals surface area contributed by atoms with Crippen molar-refractivity contribution in [2.45, 2.75) is 30.3 Å². The van der Waals surface area contributed by atoms with Crippen LogP contribution >= 0.6 is 0 Å². The lowest BCUT2D eigenvalue weighted by molar-refractivity contribution is -0.144. The molecular weight excluding hydrogens is 430 g/mol. The molecule has 0 aliphatic carbocycles. The van der Waals surface area contributed by atoms with Gasteiger partial charge >= 0.3 is 0 Å². The molecule has 0 saturated carbocycles. The van der Waals surface area contributed by atoms with Gasteiger partial charge in [-0.2, -0.15) is 0 Å². The van der Waals surface area contributed by atoms with Crippen LogP contribution in [0.2, 0.25) is 0 Å². The van der Waals surface area contributed by atoms with Gasteiger partial charge in [0.25, 0.3) is 5.91 Å². The Bertz CT molecular complexity index is 1050. The van der Waals surface area contributed by atoms with Crippen LogP contribution in [0.15, 0.2) is 48.5 Å². The molecule has 3 fully saturated rings. The van der Waals surface area contributed by atoms with Gasteiger partial charge in [-0.1, -0.05) is 18.2 Å². The Morgan fingerprint density at radius 1 is 0.939 bits per heavy atom. The molecule has 0 aromatic heterocycles. The summed E-state index contributed by atoms with van der Waals surface area (Å²) in [5.41, 5.74) is -0.677. The van der Waals surface area contributed by atoms with Crippen molar-refractivity contribution in [3.05, 3.63) is 65.7 Å². The second-order valence-electron chi connectivity index (χ2n) is 9.08. The van der Waals surface area contributed by atoms with Crippen LogP contribution in [0.1, 0.15) is 24.8 Å². The molecule has 6 nitrogen and oxygen atoms in total. The molecule has 33 heavy (non-hydrogen) atoms. The van der Waals surface area contributed by atoms with E-state index >= 15 is 0 Å². The number of likely N-dealkylation sites (tertiary alicyclic amines) is 1. The van der Waals surface area contributed by atoms with Gasteiger partial charge in [0, 0.05) is 31.0 Å². The van der Waals surface area contributed by atoms with Crippen molar-refractivity contribution in [3.8, 4) is 0 Å². The summed E-state index contributed by atoms with van der Waals surface area (Å²) in [6.07, 6.45) is 1.39. The molecule has 2 aromatic rings. The number of rotatable bonds is 3. The lowest BCUT2D eigenvalue weighted by Crippen LogP contribution is -2.57. The topological polar surface area (TPSA) is 59.1 Å². The average Bonchev–Trinajstić information content (AvgIpc) is 3.25. The Hall–Kier alpha value is -2.84. The normalized spacial score (nSPS) is 25.0. The SMILES string of the molecule is O=C1CO[C@@]2(CCN(C(=O)C3(c4ccccc4F)CCOCC3)C2)CN1c1ccc(F)cc1. The van der Waals surface area contributed by atoms with Crippen molar-refractivity contribution in [2.24, 2.45) is 0 Å². The Morgan fingerprint density at radius 2 is 1.67 bits per heavy atom. The number of hydrogen-bond acceptors (Lipinski definition) is 4. The number of morpholine rings is 1. The van der Waals surface area contributed by atoms with Crippen LogP contribution in [0, 0.1) is 11.6 Å². The molecule has 0 unspecified atom stereocenters. The molecule has 0 N–H and O–H groups in total. The highest BCUT2D eigenvalue weighted by Crippen LogP contribution is 2.41. The smallest absolute Gasteiger partial charge is 0.253 e. The highest BCUT2D eigenvalue weighted by molar-refractivity contribution is 5.95. The number of halogens is 2. The lowest BCUT2D eigenvalue weighted by atomic mass is 9.72. The number of ether oxygens (including phenoxy) is 2. The Labute approximate surface area is 191 Å². The summed E-state index contributed by atoms with van der Waals surface area (Å²) in [6, 6.07) is 12.2. The zero-order chi connectivity index (χ0) is 23.1. The van der Waals surface area contributed by atoms with Gasteiger partial charge in [-0.25, -0.2) is 8.78 Å². The summed E-state index contributed by atoms with van der Waals surface area (Å²) >= 11 is 0. The molecule has 174 valence electrons. The predicted molar refractivity (Wildman–Crippen MR) is 117 cm³/mol. The van der Waals surface area contributed by atoms with Crippen LogP contribution in [0.25, 0.3) is 0 Å². The van der Waals surface area contributed by atoms with Gasteiger partial charge in [0.1, 0.15) is 23.8 Å². The molecule has 2 aromatic carbocycles. The molecule has 3 heterocycles. The minimum atomic E-state index is -0.976. The molecule has 8 heteroatoms. The first-order chi connectivity index (χ1) is 15.9. The van der Waals surface area contributed by atoms with Gasteiger partial charge in [-0.3, -0.25) is 9.59 Å². The maximum absolute atomic E-state index is 14.8. The van der Waals surface area contributed by atoms with Crippen molar-refractivity contribution in [2.75, 3.05) is 44.4 Å². The number of hydrogen-bond donors (Lipinski definition) is 0. The third-order valence-corrected chi connectivity index (χ3v) is 7.14. The fourth-order valence-corrected chi connectivity index (χ4v) is 5.31.